The van der Waals surface area contributed by atoms with E-state index >= 15 is 0 Å². The summed E-state index contributed by atoms with van der Waals surface area (Å²) in [6.45, 7) is 4.99. The Morgan fingerprint density at radius 3 is 2.30 bits per heavy atom. The molecule has 0 aliphatic carbocycles. The predicted octanol–water partition coefficient (Wildman–Crippen LogP) is 1.38. The standard InChI is InChI=1S/C8H14N2/c1-7-3-4-8(2)10(7)6-5-9/h7-8H,3-4,6H2,1-2H3. The summed E-state index contributed by atoms with van der Waals surface area (Å²) in [5, 5.41) is 8.47. The van der Waals surface area contributed by atoms with Gasteiger partial charge < -0.3 is 0 Å². The second-order valence-electron chi connectivity index (χ2n) is 3.11. The third kappa shape index (κ3) is 1.30. The van der Waals surface area contributed by atoms with Crippen LogP contribution in [-0.2, 0) is 0 Å². The molecule has 10 heavy (non-hydrogen) atoms. The Morgan fingerprint density at radius 2 is 1.90 bits per heavy atom. The van der Waals surface area contributed by atoms with E-state index in [1.165, 1.54) is 12.8 Å². The molecule has 2 atom stereocenters. The molecule has 0 aromatic carbocycles. The van der Waals surface area contributed by atoms with Gasteiger partial charge in [0.05, 0.1) is 12.6 Å². The molecule has 1 aliphatic rings. The van der Waals surface area contributed by atoms with Crippen molar-refractivity contribution in [2.24, 2.45) is 0 Å². The molecule has 0 saturated carbocycles. The van der Waals surface area contributed by atoms with Gasteiger partial charge in [-0.05, 0) is 26.7 Å². The molecule has 56 valence electrons. The van der Waals surface area contributed by atoms with Crippen molar-refractivity contribution in [3.63, 3.8) is 0 Å². The fourth-order valence-corrected chi connectivity index (χ4v) is 1.64. The Bertz CT molecular complexity index is 138. The highest BCUT2D eigenvalue weighted by atomic mass is 15.2. The molecule has 2 unspecified atom stereocenters. The normalized spacial score (nSPS) is 34.1. The lowest BCUT2D eigenvalue weighted by atomic mass is 10.2. The minimum absolute atomic E-state index is 0.600. The molecule has 0 aromatic heterocycles. The van der Waals surface area contributed by atoms with Crippen LogP contribution in [0.4, 0.5) is 0 Å². The van der Waals surface area contributed by atoms with Gasteiger partial charge in [-0.2, -0.15) is 5.26 Å². The van der Waals surface area contributed by atoms with E-state index in [4.69, 9.17) is 5.26 Å². The van der Waals surface area contributed by atoms with Crippen molar-refractivity contribution in [3.05, 3.63) is 0 Å². The molecule has 0 spiro atoms. The van der Waals surface area contributed by atoms with Crippen LogP contribution < -0.4 is 0 Å². The molecule has 1 saturated heterocycles. The Kier molecular flexibility index (Phi) is 2.29. The number of rotatable bonds is 1. The molecule has 0 amide bonds. The van der Waals surface area contributed by atoms with Crippen LogP contribution in [0.25, 0.3) is 0 Å². The Labute approximate surface area is 62.4 Å². The van der Waals surface area contributed by atoms with Crippen molar-refractivity contribution in [1.82, 2.24) is 4.90 Å². The van der Waals surface area contributed by atoms with E-state index in [2.05, 4.69) is 24.8 Å². The number of nitriles is 1. The van der Waals surface area contributed by atoms with Gasteiger partial charge in [-0.3, -0.25) is 4.90 Å². The highest BCUT2D eigenvalue weighted by Crippen LogP contribution is 2.22. The molecule has 2 nitrogen and oxygen atoms in total. The monoisotopic (exact) mass is 138 g/mol. The summed E-state index contributed by atoms with van der Waals surface area (Å²) >= 11 is 0. The molecule has 1 fully saturated rings. The lowest BCUT2D eigenvalue weighted by molar-refractivity contribution is 0.242. The van der Waals surface area contributed by atoms with Crippen molar-refractivity contribution < 1.29 is 0 Å². The summed E-state index contributed by atoms with van der Waals surface area (Å²) < 4.78 is 0. The van der Waals surface area contributed by atoms with Gasteiger partial charge in [0.25, 0.3) is 0 Å². The molecule has 0 N–H and O–H groups in total. The number of hydrogen-bond acceptors (Lipinski definition) is 2. The largest absolute Gasteiger partial charge is 0.285 e. The zero-order valence-corrected chi connectivity index (χ0v) is 6.67. The molecular formula is C8H14N2. The van der Waals surface area contributed by atoms with Crippen molar-refractivity contribution in [2.75, 3.05) is 6.54 Å². The number of hydrogen-bond donors (Lipinski definition) is 0. The Morgan fingerprint density at radius 1 is 1.40 bits per heavy atom. The first-order valence-corrected chi connectivity index (χ1v) is 3.88. The van der Waals surface area contributed by atoms with Crippen LogP contribution in [0.5, 0.6) is 0 Å². The maximum atomic E-state index is 8.47. The number of nitrogens with zero attached hydrogens (tertiary/aromatic N) is 2. The van der Waals surface area contributed by atoms with Crippen LogP contribution >= 0.6 is 0 Å². The van der Waals surface area contributed by atoms with E-state index in [0.717, 1.165) is 0 Å². The molecule has 2 heteroatoms. The van der Waals surface area contributed by atoms with Gasteiger partial charge in [0.1, 0.15) is 0 Å². The predicted molar refractivity (Wildman–Crippen MR) is 40.5 cm³/mol. The Hall–Kier alpha value is -0.550. The van der Waals surface area contributed by atoms with Crippen LogP contribution in [-0.4, -0.2) is 23.5 Å². The first kappa shape index (κ1) is 7.56. The SMILES string of the molecule is CC1CCC(C)N1CC#N. The lowest BCUT2D eigenvalue weighted by Gasteiger charge is -2.21. The first-order chi connectivity index (χ1) is 4.75. The second-order valence-corrected chi connectivity index (χ2v) is 3.11. The maximum absolute atomic E-state index is 8.47. The first-order valence-electron chi connectivity index (χ1n) is 3.88. The van der Waals surface area contributed by atoms with E-state index in [1.807, 2.05) is 0 Å². The van der Waals surface area contributed by atoms with E-state index in [9.17, 15) is 0 Å². The third-order valence-electron chi connectivity index (χ3n) is 2.39. The van der Waals surface area contributed by atoms with E-state index in [0.29, 0.717) is 18.6 Å². The summed E-state index contributed by atoms with van der Waals surface area (Å²) in [6, 6.07) is 3.44. The quantitative estimate of drug-likeness (QED) is 0.512. The molecule has 0 aromatic rings. The molecule has 1 rings (SSSR count). The average Bonchev–Trinajstić information content (AvgIpc) is 2.20. The van der Waals surface area contributed by atoms with Gasteiger partial charge >= 0.3 is 0 Å². The highest BCUT2D eigenvalue weighted by molar-refractivity contribution is 4.88. The summed E-state index contributed by atoms with van der Waals surface area (Å²) in [5.74, 6) is 0. The summed E-state index contributed by atoms with van der Waals surface area (Å²) in [5.41, 5.74) is 0. The molecular weight excluding hydrogens is 124 g/mol. The summed E-state index contributed by atoms with van der Waals surface area (Å²) in [6.07, 6.45) is 2.51. The van der Waals surface area contributed by atoms with Gasteiger partial charge in [-0.15, -0.1) is 0 Å². The van der Waals surface area contributed by atoms with Gasteiger partial charge in [-0.25, -0.2) is 0 Å². The van der Waals surface area contributed by atoms with Gasteiger partial charge in [-0.1, -0.05) is 0 Å². The van der Waals surface area contributed by atoms with Crippen molar-refractivity contribution >= 4 is 0 Å². The maximum Gasteiger partial charge on any atom is 0.0870 e. The minimum Gasteiger partial charge on any atom is -0.285 e. The molecule has 0 radical (unpaired) electrons. The van der Waals surface area contributed by atoms with Crippen molar-refractivity contribution in [3.8, 4) is 6.07 Å². The van der Waals surface area contributed by atoms with Crippen LogP contribution in [0.2, 0.25) is 0 Å². The van der Waals surface area contributed by atoms with Crippen LogP contribution in [0.1, 0.15) is 26.7 Å². The van der Waals surface area contributed by atoms with Crippen LogP contribution in [0.3, 0.4) is 0 Å². The van der Waals surface area contributed by atoms with Crippen LogP contribution in [0.15, 0.2) is 0 Å². The summed E-state index contributed by atoms with van der Waals surface area (Å²) in [7, 11) is 0. The van der Waals surface area contributed by atoms with Crippen molar-refractivity contribution in [1.29, 1.82) is 5.26 Å². The molecule has 1 aliphatic heterocycles. The van der Waals surface area contributed by atoms with E-state index in [-0.39, 0.29) is 0 Å². The van der Waals surface area contributed by atoms with Gasteiger partial charge in [0.2, 0.25) is 0 Å². The van der Waals surface area contributed by atoms with E-state index in [1.54, 1.807) is 0 Å². The number of likely N-dealkylation sites (tertiary alicyclic amines) is 1. The molecule has 1 heterocycles. The third-order valence-corrected chi connectivity index (χ3v) is 2.39. The Balaban J connectivity index is 2.47. The smallest absolute Gasteiger partial charge is 0.0870 e. The minimum atomic E-state index is 0.600. The lowest BCUT2D eigenvalue weighted by Crippen LogP contribution is -2.32. The van der Waals surface area contributed by atoms with Gasteiger partial charge in [0.15, 0.2) is 0 Å². The highest BCUT2D eigenvalue weighted by Gasteiger charge is 2.26. The van der Waals surface area contributed by atoms with Crippen LogP contribution in [0, 0.1) is 11.3 Å². The molecule has 0 bridgehead atoms. The average molecular weight is 138 g/mol. The topological polar surface area (TPSA) is 27.0 Å². The zero-order chi connectivity index (χ0) is 7.56. The fraction of sp³-hybridized carbons (Fsp3) is 0.875. The second kappa shape index (κ2) is 3.03. The van der Waals surface area contributed by atoms with Crippen molar-refractivity contribution in [2.45, 2.75) is 38.8 Å². The van der Waals surface area contributed by atoms with E-state index < -0.39 is 0 Å². The summed E-state index contributed by atoms with van der Waals surface area (Å²) in [4.78, 5) is 2.26. The fourth-order valence-electron chi connectivity index (χ4n) is 1.64. The zero-order valence-electron chi connectivity index (χ0n) is 6.67. The van der Waals surface area contributed by atoms with Gasteiger partial charge in [0, 0.05) is 12.1 Å².